The number of halogens is 2. The highest BCUT2D eigenvalue weighted by atomic mass is 79.9. The van der Waals surface area contributed by atoms with E-state index in [1.807, 2.05) is 24.3 Å². The summed E-state index contributed by atoms with van der Waals surface area (Å²) < 4.78 is 11.9. The standard InChI is InChI=1S/C20H23BrClNO3/c1-2-3-4-5-11-25-17-8-6-7-16(13-17)23-20(24)14-26-19-10-9-15(22)12-18(19)21/h6-10,12-13H,2-5,11,14H2,1H3,(H,23,24). The molecule has 0 aromatic heterocycles. The van der Waals surface area contributed by atoms with Gasteiger partial charge in [0.15, 0.2) is 6.61 Å². The van der Waals surface area contributed by atoms with Gasteiger partial charge in [0.25, 0.3) is 5.91 Å². The smallest absolute Gasteiger partial charge is 0.262 e. The maximum atomic E-state index is 12.1. The van der Waals surface area contributed by atoms with Crippen LogP contribution in [0.4, 0.5) is 5.69 Å². The van der Waals surface area contributed by atoms with E-state index in [2.05, 4.69) is 28.2 Å². The summed E-state index contributed by atoms with van der Waals surface area (Å²) >= 11 is 9.24. The van der Waals surface area contributed by atoms with Crippen LogP contribution in [0.25, 0.3) is 0 Å². The summed E-state index contributed by atoms with van der Waals surface area (Å²) in [7, 11) is 0. The van der Waals surface area contributed by atoms with Crippen molar-refractivity contribution in [3.63, 3.8) is 0 Å². The Morgan fingerprint density at radius 3 is 2.73 bits per heavy atom. The van der Waals surface area contributed by atoms with Crippen molar-refractivity contribution >= 4 is 39.1 Å². The Labute approximate surface area is 168 Å². The minimum Gasteiger partial charge on any atom is -0.494 e. The van der Waals surface area contributed by atoms with Gasteiger partial charge in [-0.15, -0.1) is 0 Å². The Morgan fingerprint density at radius 2 is 1.96 bits per heavy atom. The lowest BCUT2D eigenvalue weighted by atomic mass is 10.2. The number of carbonyl (C=O) groups excluding carboxylic acids is 1. The first kappa shape index (κ1) is 20.6. The third kappa shape index (κ3) is 7.26. The summed E-state index contributed by atoms with van der Waals surface area (Å²) in [6.45, 7) is 2.77. The van der Waals surface area contributed by atoms with E-state index in [4.69, 9.17) is 21.1 Å². The minimum atomic E-state index is -0.244. The Morgan fingerprint density at radius 1 is 1.12 bits per heavy atom. The molecule has 2 aromatic rings. The second-order valence-electron chi connectivity index (χ2n) is 5.85. The Balaban J connectivity index is 1.80. The fourth-order valence-electron chi connectivity index (χ4n) is 2.32. The van der Waals surface area contributed by atoms with Gasteiger partial charge in [-0.1, -0.05) is 43.9 Å². The van der Waals surface area contributed by atoms with E-state index in [0.717, 1.165) is 12.2 Å². The quantitative estimate of drug-likeness (QED) is 0.455. The molecule has 140 valence electrons. The molecule has 26 heavy (non-hydrogen) atoms. The molecule has 0 aliphatic carbocycles. The van der Waals surface area contributed by atoms with Gasteiger partial charge in [-0.3, -0.25) is 4.79 Å². The van der Waals surface area contributed by atoms with E-state index in [-0.39, 0.29) is 12.5 Å². The van der Waals surface area contributed by atoms with Crippen LogP contribution in [0.3, 0.4) is 0 Å². The van der Waals surface area contributed by atoms with Crippen LogP contribution in [0.15, 0.2) is 46.9 Å². The number of benzene rings is 2. The highest BCUT2D eigenvalue weighted by Crippen LogP contribution is 2.28. The molecule has 0 aliphatic rings. The van der Waals surface area contributed by atoms with Crippen LogP contribution in [0.2, 0.25) is 5.02 Å². The number of hydrogen-bond acceptors (Lipinski definition) is 3. The van der Waals surface area contributed by atoms with E-state index in [9.17, 15) is 4.79 Å². The molecule has 1 N–H and O–H groups in total. The van der Waals surface area contributed by atoms with Crippen molar-refractivity contribution in [2.24, 2.45) is 0 Å². The molecule has 0 saturated heterocycles. The van der Waals surface area contributed by atoms with Gasteiger partial charge in [-0.05, 0) is 52.7 Å². The van der Waals surface area contributed by atoms with Crippen LogP contribution < -0.4 is 14.8 Å². The van der Waals surface area contributed by atoms with Crippen LogP contribution in [-0.2, 0) is 4.79 Å². The number of rotatable bonds is 10. The first-order valence-electron chi connectivity index (χ1n) is 8.69. The number of amides is 1. The lowest BCUT2D eigenvalue weighted by Gasteiger charge is -2.11. The van der Waals surface area contributed by atoms with Crippen molar-refractivity contribution in [1.29, 1.82) is 0 Å². The third-order valence-electron chi connectivity index (χ3n) is 3.64. The molecule has 0 heterocycles. The van der Waals surface area contributed by atoms with Gasteiger partial charge < -0.3 is 14.8 Å². The summed E-state index contributed by atoms with van der Waals surface area (Å²) in [5.41, 5.74) is 0.680. The predicted octanol–water partition coefficient (Wildman–Crippen LogP) is 6.08. The van der Waals surface area contributed by atoms with E-state index < -0.39 is 0 Å². The summed E-state index contributed by atoms with van der Waals surface area (Å²) in [5.74, 6) is 1.07. The van der Waals surface area contributed by atoms with Gasteiger partial charge >= 0.3 is 0 Å². The van der Waals surface area contributed by atoms with Crippen molar-refractivity contribution < 1.29 is 14.3 Å². The molecule has 0 saturated carbocycles. The average Bonchev–Trinajstić information content (AvgIpc) is 2.61. The van der Waals surface area contributed by atoms with Crippen LogP contribution in [0, 0.1) is 0 Å². The van der Waals surface area contributed by atoms with Crippen molar-refractivity contribution in [2.45, 2.75) is 32.6 Å². The molecular weight excluding hydrogens is 418 g/mol. The van der Waals surface area contributed by atoms with Gasteiger partial charge in [0.2, 0.25) is 0 Å². The van der Waals surface area contributed by atoms with Crippen molar-refractivity contribution in [2.75, 3.05) is 18.5 Å². The average molecular weight is 441 g/mol. The van der Waals surface area contributed by atoms with Gasteiger partial charge in [0.05, 0.1) is 11.1 Å². The lowest BCUT2D eigenvalue weighted by Crippen LogP contribution is -2.20. The molecule has 4 nitrogen and oxygen atoms in total. The van der Waals surface area contributed by atoms with Crippen molar-refractivity contribution in [3.05, 3.63) is 52.0 Å². The second-order valence-corrected chi connectivity index (χ2v) is 7.14. The number of unbranched alkanes of at least 4 members (excludes halogenated alkanes) is 3. The van der Waals surface area contributed by atoms with Crippen molar-refractivity contribution in [1.82, 2.24) is 0 Å². The monoisotopic (exact) mass is 439 g/mol. The molecule has 2 aromatic carbocycles. The lowest BCUT2D eigenvalue weighted by molar-refractivity contribution is -0.118. The molecule has 2 rings (SSSR count). The molecule has 0 spiro atoms. The fourth-order valence-corrected chi connectivity index (χ4v) is 3.11. The Hall–Kier alpha value is -1.72. The maximum absolute atomic E-state index is 12.1. The second kappa shape index (κ2) is 11.1. The van der Waals surface area contributed by atoms with E-state index in [1.54, 1.807) is 18.2 Å². The molecule has 0 fully saturated rings. The van der Waals surface area contributed by atoms with Gasteiger partial charge in [0.1, 0.15) is 11.5 Å². The van der Waals surface area contributed by atoms with Gasteiger partial charge in [-0.2, -0.15) is 0 Å². The number of anilines is 1. The molecule has 0 radical (unpaired) electrons. The summed E-state index contributed by atoms with van der Waals surface area (Å²) in [5, 5.41) is 3.41. The zero-order chi connectivity index (χ0) is 18.8. The molecule has 0 aliphatic heterocycles. The van der Waals surface area contributed by atoms with Crippen LogP contribution in [0.5, 0.6) is 11.5 Å². The highest BCUT2D eigenvalue weighted by Gasteiger charge is 2.07. The molecular formula is C20H23BrClNO3. The molecule has 1 amide bonds. The Kier molecular flexibility index (Phi) is 8.78. The maximum Gasteiger partial charge on any atom is 0.262 e. The number of hydrogen-bond donors (Lipinski definition) is 1. The van der Waals surface area contributed by atoms with Crippen LogP contribution in [-0.4, -0.2) is 19.1 Å². The van der Waals surface area contributed by atoms with Gasteiger partial charge in [-0.25, -0.2) is 0 Å². The zero-order valence-electron chi connectivity index (χ0n) is 14.8. The first-order chi connectivity index (χ1) is 12.6. The predicted molar refractivity (Wildman–Crippen MR) is 109 cm³/mol. The number of ether oxygens (including phenoxy) is 2. The molecule has 0 unspecified atom stereocenters. The summed E-state index contributed by atoms with van der Waals surface area (Å²) in [6, 6.07) is 12.5. The number of carbonyl (C=O) groups is 1. The molecule has 0 bridgehead atoms. The molecule has 6 heteroatoms. The van der Waals surface area contributed by atoms with E-state index in [1.165, 1.54) is 19.3 Å². The van der Waals surface area contributed by atoms with Crippen LogP contribution >= 0.6 is 27.5 Å². The van der Waals surface area contributed by atoms with E-state index >= 15 is 0 Å². The SMILES string of the molecule is CCCCCCOc1cccc(NC(=O)COc2ccc(Cl)cc2Br)c1. The fraction of sp³-hybridized carbons (Fsp3) is 0.350. The third-order valence-corrected chi connectivity index (χ3v) is 4.49. The summed E-state index contributed by atoms with van der Waals surface area (Å²) in [6.07, 6.45) is 4.64. The first-order valence-corrected chi connectivity index (χ1v) is 9.86. The minimum absolute atomic E-state index is 0.0949. The van der Waals surface area contributed by atoms with Gasteiger partial charge in [0, 0.05) is 16.8 Å². The Bertz CT molecular complexity index is 724. The van der Waals surface area contributed by atoms with Crippen LogP contribution in [0.1, 0.15) is 32.6 Å². The molecule has 0 atom stereocenters. The van der Waals surface area contributed by atoms with Crippen molar-refractivity contribution in [3.8, 4) is 11.5 Å². The topological polar surface area (TPSA) is 47.6 Å². The zero-order valence-corrected chi connectivity index (χ0v) is 17.1. The summed E-state index contributed by atoms with van der Waals surface area (Å²) in [4.78, 5) is 12.1. The largest absolute Gasteiger partial charge is 0.494 e. The normalized spacial score (nSPS) is 10.4. The van der Waals surface area contributed by atoms with E-state index in [0.29, 0.717) is 27.5 Å². The number of nitrogens with one attached hydrogen (secondary N) is 1. The highest BCUT2D eigenvalue weighted by molar-refractivity contribution is 9.10.